The van der Waals surface area contributed by atoms with Crippen molar-refractivity contribution in [1.82, 2.24) is 14.9 Å². The van der Waals surface area contributed by atoms with Gasteiger partial charge in [-0.25, -0.2) is 14.4 Å². The molecule has 0 saturated carbocycles. The van der Waals surface area contributed by atoms with Crippen molar-refractivity contribution in [2.75, 3.05) is 36.4 Å². The highest BCUT2D eigenvalue weighted by atomic mass is 19.1. The molecule has 2 amide bonds. The highest BCUT2D eigenvalue weighted by Gasteiger charge is 2.35. The number of aromatic nitrogens is 2. The predicted octanol–water partition coefficient (Wildman–Crippen LogP) is 1.39. The Kier molecular flexibility index (Phi) is 4.24. The molecule has 1 unspecified atom stereocenters. The summed E-state index contributed by atoms with van der Waals surface area (Å²) in [6, 6.07) is 5.93. The summed E-state index contributed by atoms with van der Waals surface area (Å²) >= 11 is 0. The molecular weight excluding hydrogens is 337 g/mol. The van der Waals surface area contributed by atoms with Crippen molar-refractivity contribution in [2.45, 2.75) is 12.3 Å². The summed E-state index contributed by atoms with van der Waals surface area (Å²) in [4.78, 5) is 37.2. The molecule has 26 heavy (non-hydrogen) atoms. The zero-order valence-corrected chi connectivity index (χ0v) is 14.1. The third-order valence-corrected chi connectivity index (χ3v) is 4.78. The topological polar surface area (TPSA) is 78.4 Å². The van der Waals surface area contributed by atoms with Crippen LogP contribution in [0.5, 0.6) is 0 Å². The van der Waals surface area contributed by atoms with Crippen molar-refractivity contribution in [3.05, 3.63) is 48.0 Å². The van der Waals surface area contributed by atoms with Gasteiger partial charge in [0.1, 0.15) is 5.82 Å². The van der Waals surface area contributed by atoms with E-state index in [-0.39, 0.29) is 18.2 Å². The molecule has 1 fully saturated rings. The number of benzene rings is 1. The number of nitrogens with one attached hydrogen (secondary N) is 1. The van der Waals surface area contributed by atoms with Crippen molar-refractivity contribution in [3.63, 3.8) is 0 Å². The number of piperazine rings is 1. The first-order chi connectivity index (χ1) is 12.6. The molecule has 1 saturated heterocycles. The van der Waals surface area contributed by atoms with Gasteiger partial charge in [0.2, 0.25) is 17.8 Å². The molecule has 0 radical (unpaired) electrons. The lowest BCUT2D eigenvalue weighted by molar-refractivity contribution is -0.135. The molecule has 7 nitrogen and oxygen atoms in total. The van der Waals surface area contributed by atoms with E-state index in [4.69, 9.17) is 0 Å². The smallest absolute Gasteiger partial charge is 0.230 e. The number of carbonyl (C=O) groups is 2. The van der Waals surface area contributed by atoms with E-state index in [1.807, 2.05) is 4.90 Å². The van der Waals surface area contributed by atoms with Crippen LogP contribution < -0.4 is 10.2 Å². The van der Waals surface area contributed by atoms with E-state index in [1.165, 1.54) is 12.1 Å². The molecule has 2 aromatic rings. The standard InChI is InChI=1S/C18H18FN5O2/c19-12-2-3-13-14(11-16(25)22-15(13)10-12)17(26)23-6-8-24(9-7-23)18-20-4-1-5-21-18/h1-5,10,14H,6-9,11H2,(H,22,25). The molecule has 1 atom stereocenters. The molecule has 0 bridgehead atoms. The van der Waals surface area contributed by atoms with Crippen LogP contribution in [0.2, 0.25) is 0 Å². The van der Waals surface area contributed by atoms with E-state index in [0.29, 0.717) is 43.4 Å². The normalized spacial score (nSPS) is 19.7. The van der Waals surface area contributed by atoms with Crippen molar-refractivity contribution in [3.8, 4) is 0 Å². The zero-order valence-electron chi connectivity index (χ0n) is 14.1. The van der Waals surface area contributed by atoms with Gasteiger partial charge in [0.15, 0.2) is 0 Å². The third-order valence-electron chi connectivity index (χ3n) is 4.78. The van der Waals surface area contributed by atoms with Gasteiger partial charge in [-0.3, -0.25) is 9.59 Å². The average Bonchev–Trinajstić information content (AvgIpc) is 2.67. The molecule has 0 aliphatic carbocycles. The lowest BCUT2D eigenvalue weighted by atomic mass is 9.89. The van der Waals surface area contributed by atoms with E-state index in [2.05, 4.69) is 15.3 Å². The average molecular weight is 355 g/mol. The van der Waals surface area contributed by atoms with Crippen LogP contribution in [0.3, 0.4) is 0 Å². The quantitative estimate of drug-likeness (QED) is 0.881. The maximum atomic E-state index is 13.4. The van der Waals surface area contributed by atoms with E-state index < -0.39 is 11.7 Å². The van der Waals surface area contributed by atoms with E-state index in [9.17, 15) is 14.0 Å². The Labute approximate surface area is 149 Å². The molecule has 134 valence electrons. The van der Waals surface area contributed by atoms with Crippen LogP contribution in [-0.4, -0.2) is 52.9 Å². The minimum absolute atomic E-state index is 0.0828. The largest absolute Gasteiger partial charge is 0.339 e. The second-order valence-corrected chi connectivity index (χ2v) is 6.40. The van der Waals surface area contributed by atoms with Crippen molar-refractivity contribution in [2.24, 2.45) is 0 Å². The summed E-state index contributed by atoms with van der Waals surface area (Å²) in [6.45, 7) is 2.33. The van der Waals surface area contributed by atoms with Crippen LogP contribution in [0, 0.1) is 5.82 Å². The summed E-state index contributed by atoms with van der Waals surface area (Å²) in [5, 5.41) is 2.64. The number of nitrogens with zero attached hydrogens (tertiary/aromatic N) is 4. The molecular formula is C18H18FN5O2. The summed E-state index contributed by atoms with van der Waals surface area (Å²) < 4.78 is 13.4. The van der Waals surface area contributed by atoms with Gasteiger partial charge < -0.3 is 15.1 Å². The van der Waals surface area contributed by atoms with Crippen molar-refractivity contribution >= 4 is 23.5 Å². The van der Waals surface area contributed by atoms with Crippen molar-refractivity contribution in [1.29, 1.82) is 0 Å². The van der Waals surface area contributed by atoms with Gasteiger partial charge in [0.05, 0.1) is 5.92 Å². The van der Waals surface area contributed by atoms with Crippen LogP contribution in [0.1, 0.15) is 17.9 Å². The zero-order chi connectivity index (χ0) is 18.1. The number of carbonyl (C=O) groups excluding carboxylic acids is 2. The van der Waals surface area contributed by atoms with Gasteiger partial charge in [0, 0.05) is 50.7 Å². The van der Waals surface area contributed by atoms with Crippen LogP contribution >= 0.6 is 0 Å². The molecule has 3 heterocycles. The minimum atomic E-state index is -0.570. The second-order valence-electron chi connectivity index (χ2n) is 6.40. The lowest BCUT2D eigenvalue weighted by Gasteiger charge is -2.37. The number of halogens is 1. The van der Waals surface area contributed by atoms with E-state index in [0.717, 1.165) is 0 Å². The van der Waals surface area contributed by atoms with E-state index >= 15 is 0 Å². The molecule has 1 N–H and O–H groups in total. The lowest BCUT2D eigenvalue weighted by Crippen LogP contribution is -2.51. The SMILES string of the molecule is O=C1CC(C(=O)N2CCN(c3ncccn3)CC2)c2ccc(F)cc2N1. The van der Waals surface area contributed by atoms with Gasteiger partial charge >= 0.3 is 0 Å². The monoisotopic (exact) mass is 355 g/mol. The van der Waals surface area contributed by atoms with Crippen molar-refractivity contribution < 1.29 is 14.0 Å². The fraction of sp³-hybridized carbons (Fsp3) is 0.333. The summed E-state index contributed by atoms with van der Waals surface area (Å²) in [6.07, 6.45) is 3.46. The Morgan fingerprint density at radius 1 is 1.15 bits per heavy atom. The van der Waals surface area contributed by atoms with Gasteiger partial charge in [-0.2, -0.15) is 0 Å². The third kappa shape index (κ3) is 3.10. The first-order valence-corrected chi connectivity index (χ1v) is 8.52. The Bertz CT molecular complexity index is 837. The number of hydrogen-bond acceptors (Lipinski definition) is 5. The summed E-state index contributed by atoms with van der Waals surface area (Å²) in [5.74, 6) is -0.718. The molecule has 4 rings (SSSR count). The van der Waals surface area contributed by atoms with Gasteiger partial charge in [-0.1, -0.05) is 6.07 Å². The van der Waals surface area contributed by atoms with Gasteiger partial charge in [-0.05, 0) is 23.8 Å². The number of hydrogen-bond donors (Lipinski definition) is 1. The second kappa shape index (κ2) is 6.70. The molecule has 2 aliphatic rings. The first kappa shape index (κ1) is 16.4. The maximum absolute atomic E-state index is 13.4. The number of anilines is 2. The number of rotatable bonds is 2. The fourth-order valence-corrected chi connectivity index (χ4v) is 3.46. The maximum Gasteiger partial charge on any atom is 0.230 e. The molecule has 1 aromatic carbocycles. The molecule has 8 heteroatoms. The Balaban J connectivity index is 1.48. The van der Waals surface area contributed by atoms with Crippen LogP contribution in [-0.2, 0) is 9.59 Å². The number of amides is 2. The predicted molar refractivity (Wildman–Crippen MR) is 93.2 cm³/mol. The van der Waals surface area contributed by atoms with Crippen LogP contribution in [0.25, 0.3) is 0 Å². The molecule has 2 aliphatic heterocycles. The highest BCUT2D eigenvalue weighted by molar-refractivity contribution is 6.01. The summed E-state index contributed by atoms with van der Waals surface area (Å²) in [5.41, 5.74) is 1.06. The minimum Gasteiger partial charge on any atom is -0.339 e. The fourth-order valence-electron chi connectivity index (χ4n) is 3.46. The summed E-state index contributed by atoms with van der Waals surface area (Å²) in [7, 11) is 0. The Morgan fingerprint density at radius 3 is 2.62 bits per heavy atom. The first-order valence-electron chi connectivity index (χ1n) is 8.52. The molecule has 0 spiro atoms. The van der Waals surface area contributed by atoms with Crippen LogP contribution in [0.4, 0.5) is 16.0 Å². The van der Waals surface area contributed by atoms with Gasteiger partial charge in [-0.15, -0.1) is 0 Å². The number of fused-ring (bicyclic) bond motifs is 1. The molecule has 1 aromatic heterocycles. The Hall–Kier alpha value is -3.03. The van der Waals surface area contributed by atoms with Gasteiger partial charge in [0.25, 0.3) is 0 Å². The van der Waals surface area contributed by atoms with Crippen LogP contribution in [0.15, 0.2) is 36.7 Å². The highest BCUT2D eigenvalue weighted by Crippen LogP contribution is 2.34. The Morgan fingerprint density at radius 2 is 1.88 bits per heavy atom. The van der Waals surface area contributed by atoms with E-state index in [1.54, 1.807) is 29.4 Å².